The summed E-state index contributed by atoms with van der Waals surface area (Å²) in [5.41, 5.74) is 1.18. The van der Waals surface area contributed by atoms with E-state index >= 15 is 0 Å². The SMILES string of the molecule is Cc1cccc(OCCN(C)CCOc2ccccc2F)c1. The number of halogens is 1. The molecule has 0 saturated heterocycles. The maximum absolute atomic E-state index is 13.4. The molecule has 2 aromatic carbocycles. The van der Waals surface area contributed by atoms with Gasteiger partial charge in [0.1, 0.15) is 19.0 Å². The number of rotatable bonds is 8. The number of ether oxygens (including phenoxy) is 2. The van der Waals surface area contributed by atoms with Crippen LogP contribution in [0.4, 0.5) is 4.39 Å². The summed E-state index contributed by atoms with van der Waals surface area (Å²) in [5.74, 6) is 0.857. The lowest BCUT2D eigenvalue weighted by Crippen LogP contribution is -2.28. The van der Waals surface area contributed by atoms with Crippen LogP contribution in [0.2, 0.25) is 0 Å². The van der Waals surface area contributed by atoms with Gasteiger partial charge >= 0.3 is 0 Å². The molecule has 0 aliphatic carbocycles. The Hall–Kier alpha value is -2.07. The summed E-state index contributed by atoms with van der Waals surface area (Å²) in [6.07, 6.45) is 0. The quantitative estimate of drug-likeness (QED) is 0.745. The van der Waals surface area contributed by atoms with E-state index in [4.69, 9.17) is 9.47 Å². The molecule has 0 radical (unpaired) electrons. The molecule has 4 heteroatoms. The average molecular weight is 303 g/mol. The number of hydrogen-bond donors (Lipinski definition) is 0. The van der Waals surface area contributed by atoms with E-state index in [2.05, 4.69) is 4.90 Å². The van der Waals surface area contributed by atoms with Crippen LogP contribution in [0.5, 0.6) is 11.5 Å². The van der Waals surface area contributed by atoms with E-state index in [1.165, 1.54) is 11.6 Å². The summed E-state index contributed by atoms with van der Waals surface area (Å²) in [6, 6.07) is 14.4. The van der Waals surface area contributed by atoms with Crippen LogP contribution in [0.1, 0.15) is 5.56 Å². The molecule has 2 rings (SSSR count). The highest BCUT2D eigenvalue weighted by molar-refractivity contribution is 5.27. The third kappa shape index (κ3) is 5.37. The lowest BCUT2D eigenvalue weighted by atomic mass is 10.2. The third-order valence-corrected chi connectivity index (χ3v) is 3.30. The van der Waals surface area contributed by atoms with E-state index in [0.29, 0.717) is 25.5 Å². The smallest absolute Gasteiger partial charge is 0.165 e. The van der Waals surface area contributed by atoms with E-state index < -0.39 is 0 Å². The highest BCUT2D eigenvalue weighted by Crippen LogP contribution is 2.15. The van der Waals surface area contributed by atoms with Crippen molar-refractivity contribution in [1.82, 2.24) is 4.90 Å². The van der Waals surface area contributed by atoms with Gasteiger partial charge in [-0.2, -0.15) is 0 Å². The van der Waals surface area contributed by atoms with Crippen molar-refractivity contribution in [2.24, 2.45) is 0 Å². The summed E-state index contributed by atoms with van der Waals surface area (Å²) in [5, 5.41) is 0. The molecule has 3 nitrogen and oxygen atoms in total. The number of benzene rings is 2. The van der Waals surface area contributed by atoms with Gasteiger partial charge in [0.15, 0.2) is 11.6 Å². The monoisotopic (exact) mass is 303 g/mol. The molecule has 0 unspecified atom stereocenters. The molecule has 0 fully saturated rings. The molecule has 0 spiro atoms. The molecule has 118 valence electrons. The van der Waals surface area contributed by atoms with Crippen molar-refractivity contribution in [2.45, 2.75) is 6.92 Å². The molecule has 0 aliphatic heterocycles. The Labute approximate surface area is 131 Å². The number of nitrogens with zero attached hydrogens (tertiary/aromatic N) is 1. The first-order chi connectivity index (χ1) is 10.6. The van der Waals surface area contributed by atoms with Crippen LogP contribution in [-0.2, 0) is 0 Å². The van der Waals surface area contributed by atoms with E-state index in [0.717, 1.165) is 12.3 Å². The zero-order chi connectivity index (χ0) is 15.8. The van der Waals surface area contributed by atoms with Crippen LogP contribution in [0.15, 0.2) is 48.5 Å². The summed E-state index contributed by atoms with van der Waals surface area (Å²) in [6.45, 7) is 4.60. The van der Waals surface area contributed by atoms with Gasteiger partial charge in [0.2, 0.25) is 0 Å². The van der Waals surface area contributed by atoms with Gasteiger partial charge in [-0.15, -0.1) is 0 Å². The number of hydrogen-bond acceptors (Lipinski definition) is 3. The van der Waals surface area contributed by atoms with Crippen LogP contribution in [-0.4, -0.2) is 38.3 Å². The van der Waals surface area contributed by atoms with Gasteiger partial charge in [-0.05, 0) is 43.8 Å². The normalized spacial score (nSPS) is 10.7. The zero-order valence-corrected chi connectivity index (χ0v) is 13.1. The summed E-state index contributed by atoms with van der Waals surface area (Å²) in [7, 11) is 1.99. The van der Waals surface area contributed by atoms with Crippen molar-refractivity contribution in [3.63, 3.8) is 0 Å². The molecular formula is C18H22FNO2. The van der Waals surface area contributed by atoms with Gasteiger partial charge in [0.25, 0.3) is 0 Å². The van der Waals surface area contributed by atoms with Gasteiger partial charge in [-0.1, -0.05) is 24.3 Å². The summed E-state index contributed by atoms with van der Waals surface area (Å²) in [4.78, 5) is 2.09. The van der Waals surface area contributed by atoms with Crippen LogP contribution >= 0.6 is 0 Å². The van der Waals surface area contributed by atoms with Gasteiger partial charge in [-0.3, -0.25) is 4.90 Å². The fourth-order valence-corrected chi connectivity index (χ4v) is 2.01. The molecule has 0 N–H and O–H groups in total. The molecule has 0 bridgehead atoms. The zero-order valence-electron chi connectivity index (χ0n) is 13.1. The molecule has 0 saturated carbocycles. The second-order valence-corrected chi connectivity index (χ2v) is 5.25. The standard InChI is InChI=1S/C18H22FNO2/c1-15-6-5-7-16(14-15)21-12-10-20(2)11-13-22-18-9-4-3-8-17(18)19/h3-9,14H,10-13H2,1-2H3. The molecule has 0 atom stereocenters. The minimum atomic E-state index is -0.326. The Kier molecular flexibility index (Phi) is 6.22. The maximum Gasteiger partial charge on any atom is 0.165 e. The van der Waals surface area contributed by atoms with E-state index in [1.807, 2.05) is 38.2 Å². The Morgan fingerprint density at radius 2 is 1.68 bits per heavy atom. The van der Waals surface area contributed by atoms with E-state index in [1.54, 1.807) is 18.2 Å². The Bertz CT molecular complexity index is 589. The van der Waals surface area contributed by atoms with Gasteiger partial charge in [-0.25, -0.2) is 4.39 Å². The third-order valence-electron chi connectivity index (χ3n) is 3.30. The number of para-hydroxylation sites is 1. The summed E-state index contributed by atoms with van der Waals surface area (Å²) >= 11 is 0. The van der Waals surface area contributed by atoms with Crippen molar-refractivity contribution in [1.29, 1.82) is 0 Å². The lowest BCUT2D eigenvalue weighted by Gasteiger charge is -2.17. The van der Waals surface area contributed by atoms with E-state index in [-0.39, 0.29) is 5.82 Å². The Morgan fingerprint density at radius 1 is 0.955 bits per heavy atom. The molecular weight excluding hydrogens is 281 g/mol. The lowest BCUT2D eigenvalue weighted by molar-refractivity contribution is 0.199. The Balaban J connectivity index is 1.64. The van der Waals surface area contributed by atoms with Gasteiger partial charge < -0.3 is 9.47 Å². The minimum Gasteiger partial charge on any atom is -0.492 e. The molecule has 0 aliphatic rings. The molecule has 2 aromatic rings. The fourth-order valence-electron chi connectivity index (χ4n) is 2.01. The molecule has 0 heterocycles. The van der Waals surface area contributed by atoms with Gasteiger partial charge in [0.05, 0.1) is 0 Å². The van der Waals surface area contributed by atoms with Crippen molar-refractivity contribution >= 4 is 0 Å². The Morgan fingerprint density at radius 3 is 2.41 bits per heavy atom. The van der Waals surface area contributed by atoms with Crippen LogP contribution in [0, 0.1) is 12.7 Å². The van der Waals surface area contributed by atoms with Crippen molar-refractivity contribution in [2.75, 3.05) is 33.4 Å². The highest BCUT2D eigenvalue weighted by atomic mass is 19.1. The van der Waals surface area contributed by atoms with Crippen LogP contribution < -0.4 is 9.47 Å². The first kappa shape index (κ1) is 16.3. The number of likely N-dealkylation sites (N-methyl/N-ethyl adjacent to an activating group) is 1. The molecule has 0 aromatic heterocycles. The molecule has 22 heavy (non-hydrogen) atoms. The molecule has 0 amide bonds. The van der Waals surface area contributed by atoms with Crippen molar-refractivity contribution in [3.05, 3.63) is 59.9 Å². The first-order valence-corrected chi connectivity index (χ1v) is 7.40. The largest absolute Gasteiger partial charge is 0.492 e. The van der Waals surface area contributed by atoms with E-state index in [9.17, 15) is 4.39 Å². The predicted molar refractivity (Wildman–Crippen MR) is 86.1 cm³/mol. The van der Waals surface area contributed by atoms with Crippen molar-refractivity contribution < 1.29 is 13.9 Å². The average Bonchev–Trinajstić information content (AvgIpc) is 2.49. The minimum absolute atomic E-state index is 0.298. The topological polar surface area (TPSA) is 21.7 Å². The second kappa shape index (κ2) is 8.39. The van der Waals surface area contributed by atoms with Gasteiger partial charge in [0, 0.05) is 13.1 Å². The highest BCUT2D eigenvalue weighted by Gasteiger charge is 2.03. The van der Waals surface area contributed by atoms with Crippen LogP contribution in [0.3, 0.4) is 0 Å². The fraction of sp³-hybridized carbons (Fsp3) is 0.333. The summed E-state index contributed by atoms with van der Waals surface area (Å²) < 4.78 is 24.5. The predicted octanol–water partition coefficient (Wildman–Crippen LogP) is 3.52. The maximum atomic E-state index is 13.4. The second-order valence-electron chi connectivity index (χ2n) is 5.25. The van der Waals surface area contributed by atoms with Crippen LogP contribution in [0.25, 0.3) is 0 Å². The van der Waals surface area contributed by atoms with Crippen molar-refractivity contribution in [3.8, 4) is 11.5 Å². The number of aryl methyl sites for hydroxylation is 1. The first-order valence-electron chi connectivity index (χ1n) is 7.40.